The van der Waals surface area contributed by atoms with Crippen LogP contribution in [0.1, 0.15) is 82.1 Å². The number of hydrogen-bond donors (Lipinski definition) is 0. The van der Waals surface area contributed by atoms with Gasteiger partial charge in [-0.25, -0.2) is 0 Å². The molecule has 1 unspecified atom stereocenters. The van der Waals surface area contributed by atoms with Crippen LogP contribution in [0.15, 0.2) is 6.07 Å². The molecule has 24 heavy (non-hydrogen) atoms. The van der Waals surface area contributed by atoms with Gasteiger partial charge in [0.25, 0.3) is 0 Å². The van der Waals surface area contributed by atoms with Crippen LogP contribution in [0.2, 0.25) is 0 Å². The summed E-state index contributed by atoms with van der Waals surface area (Å²) in [6, 6.07) is 6.31. The second-order valence-electron chi connectivity index (χ2n) is 10.1. The van der Waals surface area contributed by atoms with E-state index in [-0.39, 0.29) is 32.7 Å². The molecule has 3 aliphatic carbocycles. The molecule has 1 heteroatoms. The number of rotatable bonds is 0. The van der Waals surface area contributed by atoms with Gasteiger partial charge in [-0.1, -0.05) is 54.4 Å². The molecule has 0 saturated heterocycles. The third-order valence-electron chi connectivity index (χ3n) is 8.40. The van der Waals surface area contributed by atoms with Gasteiger partial charge in [0.05, 0.1) is 0 Å². The van der Waals surface area contributed by atoms with Crippen molar-refractivity contribution >= 4 is 0 Å². The van der Waals surface area contributed by atoms with Crippen molar-refractivity contribution in [2.45, 2.75) is 85.5 Å². The van der Waals surface area contributed by atoms with E-state index in [1.165, 1.54) is 49.7 Å². The summed E-state index contributed by atoms with van der Waals surface area (Å²) in [7, 11) is 0. The number of fused-ring (bicyclic) bond motifs is 5. The third-order valence-corrected chi connectivity index (χ3v) is 8.40. The van der Waals surface area contributed by atoms with Crippen LogP contribution in [0.25, 0.3) is 0 Å². The zero-order valence-electron chi connectivity index (χ0n) is 16.6. The Kier molecular flexibility index (Phi) is 4.71. The van der Waals surface area contributed by atoms with Crippen LogP contribution in [0, 0.1) is 42.6 Å². The summed E-state index contributed by atoms with van der Waals surface area (Å²) in [5, 5.41) is 0. The van der Waals surface area contributed by atoms with Crippen molar-refractivity contribution in [3.8, 4) is 0 Å². The Balaban J connectivity index is 0.00000169. The van der Waals surface area contributed by atoms with Crippen molar-refractivity contribution in [3.05, 3.63) is 34.4 Å². The van der Waals surface area contributed by atoms with Crippen LogP contribution in [0.4, 0.5) is 0 Å². The molecule has 1 radical (unpaired) electrons. The molecule has 1 aromatic carbocycles. The van der Waals surface area contributed by atoms with Crippen molar-refractivity contribution in [3.63, 3.8) is 0 Å². The van der Waals surface area contributed by atoms with E-state index >= 15 is 0 Å². The summed E-state index contributed by atoms with van der Waals surface area (Å²) in [6.45, 7) is 14.8. The van der Waals surface area contributed by atoms with E-state index in [0.29, 0.717) is 16.2 Å². The van der Waals surface area contributed by atoms with E-state index in [1.807, 2.05) is 0 Å². The van der Waals surface area contributed by atoms with Gasteiger partial charge in [0.15, 0.2) is 0 Å². The standard InChI is InChI=1S/C23H33.Y/c1-15-12-17-14-20-22(5,18(17)13-16(15)2)11-8-19-21(3,4)9-7-10-23(19,20)6;/h12,19-20H,7-11,14H2,1-6H3;/q-1;/t19?,20-,22-,23-;/m0./s1. The first-order valence-corrected chi connectivity index (χ1v) is 9.71. The molecule has 0 N–H and O–H groups in total. The zero-order valence-corrected chi connectivity index (χ0v) is 19.4. The first kappa shape index (κ1) is 19.1. The van der Waals surface area contributed by atoms with Gasteiger partial charge in [0.1, 0.15) is 0 Å². The molecule has 0 nitrogen and oxygen atoms in total. The largest absolute Gasteiger partial charge is 0.176 e. The van der Waals surface area contributed by atoms with Crippen LogP contribution in [-0.2, 0) is 44.5 Å². The SMILES string of the molecule is Cc1[c-]c2c(cc1C)C[C@H]1[C@@]2(C)CCC2C(C)(C)CCC[C@@]21C.[Y]. The molecule has 0 spiro atoms. The van der Waals surface area contributed by atoms with E-state index in [2.05, 4.69) is 53.7 Å². The van der Waals surface area contributed by atoms with Crippen LogP contribution < -0.4 is 0 Å². The van der Waals surface area contributed by atoms with Gasteiger partial charge in [0, 0.05) is 32.7 Å². The average Bonchev–Trinajstić information content (AvgIpc) is 2.73. The first-order valence-electron chi connectivity index (χ1n) is 9.71. The summed E-state index contributed by atoms with van der Waals surface area (Å²) < 4.78 is 0. The van der Waals surface area contributed by atoms with Crippen LogP contribution in [0.3, 0.4) is 0 Å². The number of aryl methyl sites for hydroxylation is 2. The van der Waals surface area contributed by atoms with Gasteiger partial charge in [-0.2, -0.15) is 34.4 Å². The molecular formula is C23H33Y-. The van der Waals surface area contributed by atoms with Gasteiger partial charge in [-0.05, 0) is 53.8 Å². The van der Waals surface area contributed by atoms with Crippen molar-refractivity contribution in [2.75, 3.05) is 0 Å². The molecule has 3 aliphatic rings. The van der Waals surface area contributed by atoms with Crippen molar-refractivity contribution in [1.29, 1.82) is 0 Å². The molecule has 0 amide bonds. The van der Waals surface area contributed by atoms with Crippen LogP contribution in [-0.4, -0.2) is 0 Å². The minimum Gasteiger partial charge on any atom is -0.176 e. The quantitative estimate of drug-likeness (QED) is 0.459. The van der Waals surface area contributed by atoms with E-state index in [9.17, 15) is 0 Å². The second kappa shape index (κ2) is 5.92. The topological polar surface area (TPSA) is 0 Å². The van der Waals surface area contributed by atoms with Crippen molar-refractivity contribution in [2.24, 2.45) is 22.7 Å². The van der Waals surface area contributed by atoms with Gasteiger partial charge in [-0.3, -0.25) is 0 Å². The minimum absolute atomic E-state index is 0. The Morgan fingerprint density at radius 1 is 1.00 bits per heavy atom. The fourth-order valence-electron chi connectivity index (χ4n) is 7.11. The Bertz CT molecular complexity index is 658. The molecule has 129 valence electrons. The predicted molar refractivity (Wildman–Crippen MR) is 97.8 cm³/mol. The maximum Gasteiger partial charge on any atom is 0 e. The van der Waals surface area contributed by atoms with E-state index in [0.717, 1.165) is 11.8 Å². The number of hydrogen-bond acceptors (Lipinski definition) is 0. The molecule has 2 fully saturated rings. The molecule has 2 saturated carbocycles. The molecule has 4 atom stereocenters. The summed E-state index contributed by atoms with van der Waals surface area (Å²) in [5.74, 6) is 1.72. The molecule has 4 rings (SSSR count). The van der Waals surface area contributed by atoms with E-state index in [1.54, 1.807) is 11.1 Å². The number of benzene rings is 1. The zero-order chi connectivity index (χ0) is 16.6. The molecular weight excluding hydrogens is 365 g/mol. The predicted octanol–water partition coefficient (Wildman–Crippen LogP) is 6.16. The summed E-state index contributed by atoms with van der Waals surface area (Å²) >= 11 is 0. The Hall–Kier alpha value is 0.324. The molecule has 1 aromatic rings. The summed E-state index contributed by atoms with van der Waals surface area (Å²) in [6.07, 6.45) is 8.36. The second-order valence-corrected chi connectivity index (χ2v) is 10.1. The molecule has 0 aromatic heterocycles. The average molecular weight is 398 g/mol. The Labute approximate surface area is 174 Å². The monoisotopic (exact) mass is 398 g/mol. The van der Waals surface area contributed by atoms with Gasteiger partial charge >= 0.3 is 0 Å². The fraction of sp³-hybridized carbons (Fsp3) is 0.739. The van der Waals surface area contributed by atoms with E-state index in [4.69, 9.17) is 0 Å². The van der Waals surface area contributed by atoms with Gasteiger partial charge < -0.3 is 0 Å². The van der Waals surface area contributed by atoms with Gasteiger partial charge in [-0.15, -0.1) is 0 Å². The Morgan fingerprint density at radius 2 is 1.71 bits per heavy atom. The first-order chi connectivity index (χ1) is 10.7. The maximum atomic E-state index is 3.83. The molecule has 0 bridgehead atoms. The summed E-state index contributed by atoms with van der Waals surface area (Å²) in [4.78, 5) is 0. The minimum atomic E-state index is 0. The third kappa shape index (κ3) is 2.45. The summed E-state index contributed by atoms with van der Waals surface area (Å²) in [5.41, 5.74) is 7.40. The van der Waals surface area contributed by atoms with Crippen molar-refractivity contribution in [1.82, 2.24) is 0 Å². The maximum absolute atomic E-state index is 3.83. The van der Waals surface area contributed by atoms with E-state index < -0.39 is 0 Å². The van der Waals surface area contributed by atoms with Crippen LogP contribution in [0.5, 0.6) is 0 Å². The van der Waals surface area contributed by atoms with Crippen LogP contribution >= 0.6 is 0 Å². The fourth-order valence-corrected chi connectivity index (χ4v) is 7.11. The van der Waals surface area contributed by atoms with Crippen molar-refractivity contribution < 1.29 is 32.7 Å². The normalized spacial score (nSPS) is 39.4. The molecule has 0 heterocycles. The molecule has 0 aliphatic heterocycles. The Morgan fingerprint density at radius 3 is 2.42 bits per heavy atom. The van der Waals surface area contributed by atoms with Gasteiger partial charge in [0.2, 0.25) is 0 Å². The smallest absolute Gasteiger partial charge is 0 e.